The zero-order valence-electron chi connectivity index (χ0n) is 12.4. The molecule has 0 atom stereocenters. The Balaban J connectivity index is 1.82. The molecule has 1 aromatic heterocycles. The van der Waals surface area contributed by atoms with Crippen LogP contribution in [0.1, 0.15) is 21.6 Å². The highest BCUT2D eigenvalue weighted by atomic mass is 16.5. The van der Waals surface area contributed by atoms with Crippen molar-refractivity contribution in [3.05, 3.63) is 100.0 Å². The summed E-state index contributed by atoms with van der Waals surface area (Å²) in [4.78, 5) is 26.7. The van der Waals surface area contributed by atoms with Gasteiger partial charge in [-0.25, -0.2) is 0 Å². The molecule has 4 heteroatoms. The number of aromatic nitrogens is 1. The quantitative estimate of drug-likeness (QED) is 0.736. The molecule has 23 heavy (non-hydrogen) atoms. The number of H-pyrrole nitrogens is 1. The highest BCUT2D eigenvalue weighted by Gasteiger charge is 2.11. The number of nitrogens with one attached hydrogen (secondary N) is 1. The van der Waals surface area contributed by atoms with Crippen molar-refractivity contribution < 1.29 is 9.53 Å². The Hall–Kier alpha value is -3.14. The lowest BCUT2D eigenvalue weighted by Gasteiger charge is -2.07. The van der Waals surface area contributed by atoms with E-state index in [0.717, 1.165) is 5.56 Å². The van der Waals surface area contributed by atoms with Crippen LogP contribution in [0.25, 0.3) is 0 Å². The number of aromatic amines is 1. The van der Waals surface area contributed by atoms with Crippen molar-refractivity contribution in [3.63, 3.8) is 0 Å². The topological polar surface area (TPSA) is 59.2 Å². The second-order valence-electron chi connectivity index (χ2n) is 5.06. The standard InChI is InChI=1S/C19H15NO3/c21-18-12-16(23-13-14-7-3-1-4-8-14)11-17(20-18)19(22)15-9-5-2-6-10-15/h1-12H,13H2,(H,20,21). The highest BCUT2D eigenvalue weighted by molar-refractivity contribution is 6.07. The van der Waals surface area contributed by atoms with Crippen molar-refractivity contribution >= 4 is 5.78 Å². The van der Waals surface area contributed by atoms with Crippen LogP contribution in [0, 0.1) is 0 Å². The molecule has 0 aliphatic rings. The van der Waals surface area contributed by atoms with E-state index in [1.807, 2.05) is 36.4 Å². The summed E-state index contributed by atoms with van der Waals surface area (Å²) in [5.41, 5.74) is 1.36. The third kappa shape index (κ3) is 3.74. The Kier molecular flexibility index (Phi) is 4.34. The van der Waals surface area contributed by atoms with E-state index in [1.54, 1.807) is 30.3 Å². The summed E-state index contributed by atoms with van der Waals surface area (Å²) in [7, 11) is 0. The van der Waals surface area contributed by atoms with Crippen LogP contribution in [0.3, 0.4) is 0 Å². The van der Waals surface area contributed by atoms with Gasteiger partial charge in [-0.3, -0.25) is 9.59 Å². The number of benzene rings is 2. The Morgan fingerprint density at radius 1 is 0.913 bits per heavy atom. The molecule has 4 nitrogen and oxygen atoms in total. The van der Waals surface area contributed by atoms with Gasteiger partial charge in [-0.05, 0) is 5.56 Å². The zero-order chi connectivity index (χ0) is 16.1. The van der Waals surface area contributed by atoms with Gasteiger partial charge in [0.25, 0.3) is 5.56 Å². The fraction of sp³-hybridized carbons (Fsp3) is 0.0526. The maximum absolute atomic E-state index is 12.4. The van der Waals surface area contributed by atoms with Crippen LogP contribution in [0.2, 0.25) is 0 Å². The molecule has 0 spiro atoms. The molecule has 3 rings (SSSR count). The molecular weight excluding hydrogens is 290 g/mol. The van der Waals surface area contributed by atoms with Crippen LogP contribution in [0.15, 0.2) is 77.6 Å². The second-order valence-corrected chi connectivity index (χ2v) is 5.06. The first-order valence-electron chi connectivity index (χ1n) is 7.23. The van der Waals surface area contributed by atoms with Gasteiger partial charge < -0.3 is 9.72 Å². The van der Waals surface area contributed by atoms with Crippen molar-refractivity contribution in [2.75, 3.05) is 0 Å². The molecule has 1 N–H and O–H groups in total. The molecule has 0 aliphatic carbocycles. The molecule has 0 bridgehead atoms. The van der Waals surface area contributed by atoms with E-state index in [-0.39, 0.29) is 17.0 Å². The molecule has 3 aromatic rings. The predicted octanol–water partition coefficient (Wildman–Crippen LogP) is 3.18. The Labute approximate surface area is 133 Å². The molecule has 0 unspecified atom stereocenters. The van der Waals surface area contributed by atoms with Gasteiger partial charge in [0, 0.05) is 17.7 Å². The first kappa shape index (κ1) is 14.8. The first-order valence-corrected chi connectivity index (χ1v) is 7.23. The number of ketones is 1. The smallest absolute Gasteiger partial charge is 0.252 e. The zero-order valence-corrected chi connectivity index (χ0v) is 12.4. The number of hydrogen-bond donors (Lipinski definition) is 1. The third-order valence-corrected chi connectivity index (χ3v) is 3.35. The van der Waals surface area contributed by atoms with Crippen LogP contribution in [-0.4, -0.2) is 10.8 Å². The fourth-order valence-electron chi connectivity index (χ4n) is 2.21. The van der Waals surface area contributed by atoms with E-state index < -0.39 is 0 Å². The molecule has 0 saturated carbocycles. The minimum Gasteiger partial charge on any atom is -0.489 e. The predicted molar refractivity (Wildman–Crippen MR) is 87.7 cm³/mol. The van der Waals surface area contributed by atoms with Gasteiger partial charge in [-0.1, -0.05) is 60.7 Å². The van der Waals surface area contributed by atoms with E-state index in [9.17, 15) is 9.59 Å². The van der Waals surface area contributed by atoms with Gasteiger partial charge in [0.1, 0.15) is 12.4 Å². The maximum Gasteiger partial charge on any atom is 0.252 e. The van der Waals surface area contributed by atoms with Crippen LogP contribution in [0.5, 0.6) is 5.75 Å². The number of pyridine rings is 1. The number of rotatable bonds is 5. The largest absolute Gasteiger partial charge is 0.489 e. The van der Waals surface area contributed by atoms with Crippen molar-refractivity contribution in [2.45, 2.75) is 6.61 Å². The minimum absolute atomic E-state index is 0.215. The summed E-state index contributed by atoms with van der Waals surface area (Å²) in [6.07, 6.45) is 0. The average Bonchev–Trinajstić information content (AvgIpc) is 2.60. The monoisotopic (exact) mass is 305 g/mol. The number of carbonyl (C=O) groups is 1. The normalized spacial score (nSPS) is 10.3. The van der Waals surface area contributed by atoms with Gasteiger partial charge in [0.15, 0.2) is 0 Å². The maximum atomic E-state index is 12.4. The lowest BCUT2D eigenvalue weighted by molar-refractivity contribution is 0.103. The van der Waals surface area contributed by atoms with Gasteiger partial charge >= 0.3 is 0 Å². The van der Waals surface area contributed by atoms with E-state index >= 15 is 0 Å². The van der Waals surface area contributed by atoms with Crippen LogP contribution >= 0.6 is 0 Å². The van der Waals surface area contributed by atoms with E-state index in [4.69, 9.17) is 4.74 Å². The molecule has 2 aromatic carbocycles. The Bertz CT molecular complexity index is 855. The molecule has 0 fully saturated rings. The second kappa shape index (κ2) is 6.75. The first-order chi connectivity index (χ1) is 11.2. The van der Waals surface area contributed by atoms with Gasteiger partial charge in [-0.15, -0.1) is 0 Å². The number of hydrogen-bond acceptors (Lipinski definition) is 3. The van der Waals surface area contributed by atoms with Gasteiger partial charge in [0.05, 0.1) is 5.69 Å². The summed E-state index contributed by atoms with van der Waals surface area (Å²) in [5.74, 6) is 0.129. The Morgan fingerprint density at radius 3 is 2.26 bits per heavy atom. The number of ether oxygens (including phenoxy) is 1. The SMILES string of the molecule is O=C(c1ccccc1)c1cc(OCc2ccccc2)cc(=O)[nH]1. The third-order valence-electron chi connectivity index (χ3n) is 3.35. The molecule has 0 amide bonds. The Morgan fingerprint density at radius 2 is 1.57 bits per heavy atom. The number of carbonyl (C=O) groups excluding carboxylic acids is 1. The average molecular weight is 305 g/mol. The lowest BCUT2D eigenvalue weighted by Crippen LogP contribution is -2.13. The minimum atomic E-state index is -0.366. The molecule has 0 aliphatic heterocycles. The van der Waals surface area contributed by atoms with Crippen molar-refractivity contribution in [3.8, 4) is 5.75 Å². The molecular formula is C19H15NO3. The summed E-state index contributed by atoms with van der Waals surface area (Å²) in [6.45, 7) is 0.337. The van der Waals surface area contributed by atoms with Crippen molar-refractivity contribution in [1.82, 2.24) is 4.98 Å². The van der Waals surface area contributed by atoms with Crippen molar-refractivity contribution in [2.24, 2.45) is 0 Å². The van der Waals surface area contributed by atoms with Crippen LogP contribution in [-0.2, 0) is 6.61 Å². The summed E-state index contributed by atoms with van der Waals surface area (Å²) in [5, 5.41) is 0. The van der Waals surface area contributed by atoms with E-state index in [2.05, 4.69) is 4.98 Å². The molecule has 0 saturated heterocycles. The van der Waals surface area contributed by atoms with Gasteiger partial charge in [-0.2, -0.15) is 0 Å². The van der Waals surface area contributed by atoms with Crippen molar-refractivity contribution in [1.29, 1.82) is 0 Å². The molecule has 0 radical (unpaired) electrons. The highest BCUT2D eigenvalue weighted by Crippen LogP contribution is 2.14. The molecule has 1 heterocycles. The van der Waals surface area contributed by atoms with Gasteiger partial charge in [0.2, 0.25) is 5.78 Å². The summed E-state index contributed by atoms with van der Waals surface area (Å²) in [6, 6.07) is 21.3. The van der Waals surface area contributed by atoms with Crippen LogP contribution < -0.4 is 10.3 Å². The van der Waals surface area contributed by atoms with E-state index in [0.29, 0.717) is 17.9 Å². The summed E-state index contributed by atoms with van der Waals surface area (Å²) >= 11 is 0. The summed E-state index contributed by atoms with van der Waals surface area (Å²) < 4.78 is 5.63. The fourth-order valence-corrected chi connectivity index (χ4v) is 2.21. The lowest BCUT2D eigenvalue weighted by atomic mass is 10.1. The van der Waals surface area contributed by atoms with Crippen LogP contribution in [0.4, 0.5) is 0 Å². The molecule has 114 valence electrons. The van der Waals surface area contributed by atoms with E-state index in [1.165, 1.54) is 6.07 Å².